The number of hydrogen-bond acceptors (Lipinski definition) is 4. The van der Waals surface area contributed by atoms with Crippen molar-refractivity contribution in [1.29, 1.82) is 0 Å². The van der Waals surface area contributed by atoms with Gasteiger partial charge >= 0.3 is 0 Å². The van der Waals surface area contributed by atoms with E-state index in [1.807, 2.05) is 0 Å². The quantitative estimate of drug-likeness (QED) is 0.887. The van der Waals surface area contributed by atoms with Gasteiger partial charge in [0.1, 0.15) is 5.75 Å². The highest BCUT2D eigenvalue weighted by atomic mass is 32.2. The molecule has 0 unspecified atom stereocenters. The summed E-state index contributed by atoms with van der Waals surface area (Å²) in [6.45, 7) is 3.40. The van der Waals surface area contributed by atoms with Gasteiger partial charge in [-0.2, -0.15) is 0 Å². The van der Waals surface area contributed by atoms with Crippen LogP contribution in [0.4, 0.5) is 0 Å². The summed E-state index contributed by atoms with van der Waals surface area (Å²) in [6.07, 6.45) is 1.95. The summed E-state index contributed by atoms with van der Waals surface area (Å²) in [5, 5.41) is 0. The summed E-state index contributed by atoms with van der Waals surface area (Å²) in [6, 6.07) is 4.35. The number of hydrogen-bond donors (Lipinski definition) is 1. The number of methoxy groups -OCH3 is 1. The normalized spacial score (nSPS) is 15.2. The van der Waals surface area contributed by atoms with Crippen LogP contribution in [0.2, 0.25) is 0 Å². The number of rotatable bonds is 5. The van der Waals surface area contributed by atoms with Crippen molar-refractivity contribution in [3.8, 4) is 5.75 Å². The van der Waals surface area contributed by atoms with Gasteiger partial charge in [0.2, 0.25) is 10.0 Å². The molecular weight excluding hydrogens is 292 g/mol. The van der Waals surface area contributed by atoms with Gasteiger partial charge < -0.3 is 9.64 Å². The Morgan fingerprint density at radius 1 is 1.33 bits per heavy atom. The van der Waals surface area contributed by atoms with Crippen molar-refractivity contribution in [2.24, 2.45) is 0 Å². The molecule has 6 nitrogen and oxygen atoms in total. The van der Waals surface area contributed by atoms with Crippen molar-refractivity contribution in [1.82, 2.24) is 9.62 Å². The van der Waals surface area contributed by atoms with Gasteiger partial charge in [-0.15, -0.1) is 0 Å². The number of sulfonamides is 1. The second-order valence-electron chi connectivity index (χ2n) is 4.86. The van der Waals surface area contributed by atoms with Crippen molar-refractivity contribution < 1.29 is 17.9 Å². The highest BCUT2D eigenvalue weighted by Crippen LogP contribution is 2.25. The van der Waals surface area contributed by atoms with Crippen LogP contribution >= 0.6 is 0 Å². The molecule has 0 spiro atoms. The fourth-order valence-electron chi connectivity index (χ4n) is 2.39. The Hall–Kier alpha value is -1.60. The first-order valence-corrected chi connectivity index (χ1v) is 8.45. The van der Waals surface area contributed by atoms with E-state index >= 15 is 0 Å². The second-order valence-corrected chi connectivity index (χ2v) is 6.63. The Balaban J connectivity index is 2.41. The van der Waals surface area contributed by atoms with Crippen LogP contribution in [0.3, 0.4) is 0 Å². The van der Waals surface area contributed by atoms with Crippen molar-refractivity contribution in [3.63, 3.8) is 0 Å². The highest BCUT2D eigenvalue weighted by Gasteiger charge is 2.24. The topological polar surface area (TPSA) is 75.7 Å². The third-order valence-corrected chi connectivity index (χ3v) is 4.98. The second kappa shape index (κ2) is 6.44. The summed E-state index contributed by atoms with van der Waals surface area (Å²) in [5.41, 5.74) is 0.290. The maximum Gasteiger partial charge on any atom is 0.257 e. The van der Waals surface area contributed by atoms with E-state index in [0.717, 1.165) is 12.8 Å². The Morgan fingerprint density at radius 2 is 2.00 bits per heavy atom. The zero-order chi connectivity index (χ0) is 15.5. The van der Waals surface area contributed by atoms with Gasteiger partial charge in [0, 0.05) is 19.6 Å². The molecule has 116 valence electrons. The molecule has 1 aromatic rings. The van der Waals surface area contributed by atoms with Crippen LogP contribution in [0.5, 0.6) is 5.75 Å². The van der Waals surface area contributed by atoms with Crippen molar-refractivity contribution in [3.05, 3.63) is 23.8 Å². The lowest BCUT2D eigenvalue weighted by molar-refractivity contribution is 0.0789. The smallest absolute Gasteiger partial charge is 0.257 e. The number of ether oxygens (including phenoxy) is 1. The van der Waals surface area contributed by atoms with Gasteiger partial charge in [0.15, 0.2) is 0 Å². The number of likely N-dealkylation sites (tertiary alicyclic amines) is 1. The molecule has 1 aromatic carbocycles. The summed E-state index contributed by atoms with van der Waals surface area (Å²) >= 11 is 0. The zero-order valence-electron chi connectivity index (χ0n) is 12.3. The molecule has 0 saturated carbocycles. The highest BCUT2D eigenvalue weighted by molar-refractivity contribution is 7.89. The molecule has 1 aliphatic heterocycles. The van der Waals surface area contributed by atoms with E-state index in [2.05, 4.69) is 4.72 Å². The SMILES string of the molecule is CCNS(=O)(=O)c1ccc(OC)c(C(=O)N2CCCC2)c1. The molecule has 1 saturated heterocycles. The van der Waals surface area contributed by atoms with Crippen LogP contribution in [0.25, 0.3) is 0 Å². The predicted octanol–water partition coefficient (Wildman–Crippen LogP) is 1.23. The first-order valence-electron chi connectivity index (χ1n) is 6.96. The molecule has 7 heteroatoms. The van der Waals surface area contributed by atoms with Crippen LogP contribution < -0.4 is 9.46 Å². The van der Waals surface area contributed by atoms with Gasteiger partial charge in [0.25, 0.3) is 5.91 Å². The largest absolute Gasteiger partial charge is 0.496 e. The average Bonchev–Trinajstić information content (AvgIpc) is 3.00. The first kappa shape index (κ1) is 15.8. The molecule has 1 N–H and O–H groups in total. The molecule has 0 radical (unpaired) electrons. The van der Waals surface area contributed by atoms with Crippen molar-refractivity contribution >= 4 is 15.9 Å². The van der Waals surface area contributed by atoms with Crippen molar-refractivity contribution in [2.75, 3.05) is 26.7 Å². The molecule has 0 bridgehead atoms. The minimum atomic E-state index is -3.59. The molecular formula is C14H20N2O4S. The lowest BCUT2D eigenvalue weighted by Gasteiger charge is -2.18. The lowest BCUT2D eigenvalue weighted by Crippen LogP contribution is -2.29. The minimum Gasteiger partial charge on any atom is -0.496 e. The summed E-state index contributed by atoms with van der Waals surface area (Å²) in [5.74, 6) is 0.209. The molecule has 21 heavy (non-hydrogen) atoms. The Bertz CT molecular complexity index is 622. The molecule has 1 heterocycles. The summed E-state index contributed by atoms with van der Waals surface area (Å²) in [7, 11) is -2.12. The van der Waals surface area contributed by atoms with Gasteiger partial charge in [0.05, 0.1) is 17.6 Å². The van der Waals surface area contributed by atoms with Crippen LogP contribution in [0, 0.1) is 0 Å². The maximum atomic E-state index is 12.5. The number of amides is 1. The first-order chi connectivity index (χ1) is 9.99. The predicted molar refractivity (Wildman–Crippen MR) is 79.0 cm³/mol. The average molecular weight is 312 g/mol. The molecule has 0 aromatic heterocycles. The van der Waals surface area contributed by atoms with E-state index in [1.54, 1.807) is 11.8 Å². The van der Waals surface area contributed by atoms with E-state index in [4.69, 9.17) is 4.74 Å². The molecule has 1 aliphatic rings. The van der Waals surface area contributed by atoms with Crippen LogP contribution in [-0.2, 0) is 10.0 Å². The van der Waals surface area contributed by atoms with Gasteiger partial charge in [-0.05, 0) is 31.0 Å². The van der Waals surface area contributed by atoms with E-state index in [-0.39, 0.29) is 10.8 Å². The van der Waals surface area contributed by atoms with Crippen LogP contribution in [0.15, 0.2) is 23.1 Å². The van der Waals surface area contributed by atoms with Gasteiger partial charge in [-0.3, -0.25) is 4.79 Å². The third kappa shape index (κ3) is 3.36. The number of carbonyl (C=O) groups is 1. The fraction of sp³-hybridized carbons (Fsp3) is 0.500. The standard InChI is InChI=1S/C14H20N2O4S/c1-3-15-21(18,19)11-6-7-13(20-2)12(10-11)14(17)16-8-4-5-9-16/h6-7,10,15H,3-5,8-9H2,1-2H3. The number of nitrogens with zero attached hydrogens (tertiary/aromatic N) is 1. The Labute approximate surface area is 125 Å². The van der Waals surface area contributed by atoms with E-state index in [1.165, 1.54) is 25.3 Å². The molecule has 1 amide bonds. The zero-order valence-corrected chi connectivity index (χ0v) is 13.1. The van der Waals surface area contributed by atoms with Gasteiger partial charge in [-0.25, -0.2) is 13.1 Å². The molecule has 0 aliphatic carbocycles. The number of nitrogens with one attached hydrogen (secondary N) is 1. The van der Waals surface area contributed by atoms with Crippen LogP contribution in [0.1, 0.15) is 30.1 Å². The summed E-state index contributed by atoms with van der Waals surface area (Å²) < 4.78 is 31.7. The minimum absolute atomic E-state index is 0.0766. The molecule has 0 atom stereocenters. The number of benzene rings is 1. The fourth-order valence-corrected chi connectivity index (χ4v) is 3.45. The van der Waals surface area contributed by atoms with E-state index in [0.29, 0.717) is 30.9 Å². The van der Waals surface area contributed by atoms with Crippen molar-refractivity contribution in [2.45, 2.75) is 24.7 Å². The molecule has 2 rings (SSSR count). The van der Waals surface area contributed by atoms with Crippen LogP contribution in [-0.4, -0.2) is 46.0 Å². The lowest BCUT2D eigenvalue weighted by atomic mass is 10.1. The summed E-state index contributed by atoms with van der Waals surface area (Å²) in [4.78, 5) is 14.3. The third-order valence-electron chi connectivity index (χ3n) is 3.44. The monoisotopic (exact) mass is 312 g/mol. The number of carbonyl (C=O) groups excluding carboxylic acids is 1. The van der Waals surface area contributed by atoms with E-state index < -0.39 is 10.0 Å². The van der Waals surface area contributed by atoms with E-state index in [9.17, 15) is 13.2 Å². The Kier molecular flexibility index (Phi) is 4.84. The Morgan fingerprint density at radius 3 is 2.57 bits per heavy atom. The maximum absolute atomic E-state index is 12.5. The molecule has 1 fully saturated rings. The van der Waals surface area contributed by atoms with Gasteiger partial charge in [-0.1, -0.05) is 6.92 Å².